The van der Waals surface area contributed by atoms with Crippen molar-refractivity contribution < 1.29 is 0 Å². The lowest BCUT2D eigenvalue weighted by Crippen LogP contribution is -2.35. The molecule has 0 radical (unpaired) electrons. The quantitative estimate of drug-likeness (QED) is 0.698. The maximum absolute atomic E-state index is 2.62. The largest absolute Gasteiger partial charge is 0.267 e. The zero-order valence-electron chi connectivity index (χ0n) is 13.4. The van der Waals surface area contributed by atoms with Gasteiger partial charge in [0.1, 0.15) is 0 Å². The van der Waals surface area contributed by atoms with Gasteiger partial charge < -0.3 is 0 Å². The van der Waals surface area contributed by atoms with Gasteiger partial charge in [-0.2, -0.15) is 0 Å². The molecule has 0 unspecified atom stereocenters. The van der Waals surface area contributed by atoms with E-state index < -0.39 is 0 Å². The Morgan fingerprint density at radius 2 is 1.16 bits per heavy atom. The number of hydrogen-bond donors (Lipinski definition) is 0. The summed E-state index contributed by atoms with van der Waals surface area (Å²) in [6, 6.07) is 6.68. The van der Waals surface area contributed by atoms with E-state index in [9.17, 15) is 0 Å². The number of aryl methyl sites for hydroxylation is 2. The van der Waals surface area contributed by atoms with E-state index in [1.165, 1.54) is 11.1 Å². The van der Waals surface area contributed by atoms with Gasteiger partial charge in [-0.3, -0.25) is 9.34 Å². The van der Waals surface area contributed by atoms with Crippen LogP contribution in [0.2, 0.25) is 0 Å². The molecule has 0 amide bonds. The minimum atomic E-state index is -0.358. The van der Waals surface area contributed by atoms with Crippen molar-refractivity contribution in [2.75, 3.05) is 26.2 Å². The molecule has 2 nitrogen and oxygen atoms in total. The van der Waals surface area contributed by atoms with Crippen molar-refractivity contribution in [1.29, 1.82) is 0 Å². The fourth-order valence-corrected chi connectivity index (χ4v) is 5.34. The minimum absolute atomic E-state index is 0.358. The van der Waals surface area contributed by atoms with Gasteiger partial charge in [-0.25, -0.2) is 0 Å². The standard InChI is InChI=1S/C16H29N2P/c1-7-17(8-2)19(18(9-3)10-4)16-14(5)12-11-13-15(16)6/h11-13H,7-10H2,1-6H3. The van der Waals surface area contributed by atoms with E-state index in [-0.39, 0.29) is 8.22 Å². The van der Waals surface area contributed by atoms with Gasteiger partial charge in [-0.15, -0.1) is 0 Å². The third-order valence-electron chi connectivity index (χ3n) is 3.64. The van der Waals surface area contributed by atoms with Crippen molar-refractivity contribution in [1.82, 2.24) is 9.34 Å². The molecule has 19 heavy (non-hydrogen) atoms. The average Bonchev–Trinajstić information content (AvgIpc) is 2.40. The topological polar surface area (TPSA) is 6.48 Å². The zero-order chi connectivity index (χ0) is 14.4. The molecule has 0 spiro atoms. The van der Waals surface area contributed by atoms with Gasteiger partial charge in [0.2, 0.25) is 0 Å². The Bertz CT molecular complexity index is 352. The highest BCUT2D eigenvalue weighted by molar-refractivity contribution is 7.61. The molecule has 0 heterocycles. The van der Waals surface area contributed by atoms with Crippen LogP contribution in [-0.2, 0) is 0 Å². The van der Waals surface area contributed by atoms with Gasteiger partial charge in [-0.1, -0.05) is 45.9 Å². The maximum atomic E-state index is 2.62. The minimum Gasteiger partial charge on any atom is -0.267 e. The second-order valence-electron chi connectivity index (χ2n) is 4.81. The summed E-state index contributed by atoms with van der Waals surface area (Å²) in [7, 11) is -0.358. The van der Waals surface area contributed by atoms with Crippen molar-refractivity contribution >= 4 is 13.5 Å². The number of hydrogen-bond acceptors (Lipinski definition) is 2. The fraction of sp³-hybridized carbons (Fsp3) is 0.625. The molecule has 1 aromatic rings. The van der Waals surface area contributed by atoms with Gasteiger partial charge in [0.15, 0.2) is 0 Å². The lowest BCUT2D eigenvalue weighted by molar-refractivity contribution is 0.430. The summed E-state index contributed by atoms with van der Waals surface area (Å²) in [4.78, 5) is 0. The van der Waals surface area contributed by atoms with E-state index in [1.54, 1.807) is 5.30 Å². The van der Waals surface area contributed by atoms with Crippen LogP contribution in [0.25, 0.3) is 0 Å². The molecule has 0 atom stereocenters. The first-order valence-electron chi connectivity index (χ1n) is 7.46. The highest BCUT2D eigenvalue weighted by Crippen LogP contribution is 2.44. The molecule has 0 aliphatic carbocycles. The molecule has 0 fully saturated rings. The lowest BCUT2D eigenvalue weighted by atomic mass is 10.2. The summed E-state index contributed by atoms with van der Waals surface area (Å²) in [5, 5.41) is 1.56. The van der Waals surface area contributed by atoms with Crippen LogP contribution in [0.4, 0.5) is 0 Å². The van der Waals surface area contributed by atoms with Crippen molar-refractivity contribution in [2.45, 2.75) is 41.5 Å². The summed E-state index contributed by atoms with van der Waals surface area (Å²) < 4.78 is 5.25. The van der Waals surface area contributed by atoms with E-state index >= 15 is 0 Å². The second kappa shape index (κ2) is 7.99. The van der Waals surface area contributed by atoms with E-state index in [4.69, 9.17) is 0 Å². The van der Waals surface area contributed by atoms with Crippen LogP contribution in [0.3, 0.4) is 0 Å². The van der Waals surface area contributed by atoms with Gasteiger partial charge in [0, 0.05) is 31.5 Å². The van der Waals surface area contributed by atoms with Gasteiger partial charge in [-0.05, 0) is 25.0 Å². The van der Waals surface area contributed by atoms with Gasteiger partial charge in [0.05, 0.1) is 8.22 Å². The van der Waals surface area contributed by atoms with E-state index in [1.807, 2.05) is 0 Å². The SMILES string of the molecule is CCN(CC)P(c1c(C)cccc1C)N(CC)CC. The van der Waals surface area contributed by atoms with Crippen molar-refractivity contribution in [3.05, 3.63) is 29.3 Å². The average molecular weight is 280 g/mol. The van der Waals surface area contributed by atoms with Crippen LogP contribution >= 0.6 is 8.22 Å². The number of nitrogens with zero attached hydrogens (tertiary/aromatic N) is 2. The summed E-state index contributed by atoms with van der Waals surface area (Å²) in [6.07, 6.45) is 0. The normalized spacial score (nSPS) is 11.8. The molecule has 1 rings (SSSR count). The second-order valence-corrected chi connectivity index (χ2v) is 6.97. The highest BCUT2D eigenvalue weighted by atomic mass is 31.1. The maximum Gasteiger partial charge on any atom is 0.0729 e. The van der Waals surface area contributed by atoms with Crippen LogP contribution in [0, 0.1) is 13.8 Å². The molecule has 0 aliphatic heterocycles. The molecule has 1 aromatic carbocycles. The van der Waals surface area contributed by atoms with E-state index in [0.717, 1.165) is 26.2 Å². The monoisotopic (exact) mass is 280 g/mol. The first-order valence-corrected chi connectivity index (χ1v) is 8.71. The third kappa shape index (κ3) is 3.78. The Hall–Kier alpha value is -0.430. The Labute approximate surface area is 120 Å². The summed E-state index contributed by atoms with van der Waals surface area (Å²) in [5.74, 6) is 0. The van der Waals surface area contributed by atoms with E-state index in [2.05, 4.69) is 69.1 Å². The Morgan fingerprint density at radius 1 is 0.789 bits per heavy atom. The van der Waals surface area contributed by atoms with E-state index in [0.29, 0.717) is 0 Å². The van der Waals surface area contributed by atoms with Gasteiger partial charge in [0.25, 0.3) is 0 Å². The van der Waals surface area contributed by atoms with Gasteiger partial charge >= 0.3 is 0 Å². The molecule has 0 N–H and O–H groups in total. The Morgan fingerprint density at radius 3 is 1.47 bits per heavy atom. The van der Waals surface area contributed by atoms with Crippen LogP contribution in [0.1, 0.15) is 38.8 Å². The smallest absolute Gasteiger partial charge is 0.0729 e. The number of benzene rings is 1. The van der Waals surface area contributed by atoms with Crippen molar-refractivity contribution in [3.8, 4) is 0 Å². The molecule has 0 saturated heterocycles. The lowest BCUT2D eigenvalue weighted by Gasteiger charge is -2.39. The molecule has 0 saturated carbocycles. The first kappa shape index (κ1) is 16.6. The molecule has 0 bridgehead atoms. The summed E-state index contributed by atoms with van der Waals surface area (Å²) >= 11 is 0. The first-order chi connectivity index (χ1) is 9.10. The summed E-state index contributed by atoms with van der Waals surface area (Å²) in [6.45, 7) is 18.1. The molecule has 3 heteroatoms. The molecule has 0 aliphatic rings. The number of rotatable bonds is 7. The predicted molar refractivity (Wildman–Crippen MR) is 88.3 cm³/mol. The molecule has 108 valence electrons. The molecular weight excluding hydrogens is 251 g/mol. The van der Waals surface area contributed by atoms with Crippen LogP contribution < -0.4 is 5.30 Å². The van der Waals surface area contributed by atoms with Crippen molar-refractivity contribution in [3.63, 3.8) is 0 Å². The summed E-state index contributed by atoms with van der Waals surface area (Å²) in [5.41, 5.74) is 2.87. The van der Waals surface area contributed by atoms with Crippen LogP contribution in [0.5, 0.6) is 0 Å². The Kier molecular flexibility index (Phi) is 6.99. The van der Waals surface area contributed by atoms with Crippen LogP contribution in [0.15, 0.2) is 18.2 Å². The van der Waals surface area contributed by atoms with Crippen LogP contribution in [-0.4, -0.2) is 35.5 Å². The fourth-order valence-electron chi connectivity index (χ4n) is 2.57. The third-order valence-corrected chi connectivity index (χ3v) is 6.94. The molecule has 0 aromatic heterocycles. The highest BCUT2D eigenvalue weighted by Gasteiger charge is 2.26. The zero-order valence-corrected chi connectivity index (χ0v) is 14.3. The van der Waals surface area contributed by atoms with Crippen molar-refractivity contribution in [2.24, 2.45) is 0 Å². The molecular formula is C16H29N2P. The predicted octanol–water partition coefficient (Wildman–Crippen LogP) is 3.92. The Balaban J connectivity index is 3.29.